The van der Waals surface area contributed by atoms with E-state index in [2.05, 4.69) is 30.4 Å². The van der Waals surface area contributed by atoms with Gasteiger partial charge in [-0.3, -0.25) is 14.7 Å². The quantitative estimate of drug-likeness (QED) is 0.0896. The molecule has 0 aliphatic heterocycles. The second-order valence-corrected chi connectivity index (χ2v) is 13.6. The highest BCUT2D eigenvalue weighted by molar-refractivity contribution is 6.32. The minimum absolute atomic E-state index is 0.00524. The Morgan fingerprint density at radius 2 is 1.69 bits per heavy atom. The van der Waals surface area contributed by atoms with Crippen molar-refractivity contribution >= 4 is 29.6 Å². The third-order valence-electron chi connectivity index (χ3n) is 7.56. The van der Waals surface area contributed by atoms with Gasteiger partial charge in [0.05, 0.1) is 22.3 Å². The number of nitrogens with two attached hydrogens (primary N) is 1. The Hall–Kier alpha value is -5.12. The van der Waals surface area contributed by atoms with E-state index in [4.69, 9.17) is 22.1 Å². The Labute approximate surface area is 297 Å². The number of rotatable bonds is 12. The van der Waals surface area contributed by atoms with Crippen LogP contribution in [-0.2, 0) is 4.74 Å². The molecule has 0 aliphatic carbocycles. The minimum atomic E-state index is -3.01. The first-order chi connectivity index (χ1) is 24.0. The van der Waals surface area contributed by atoms with Crippen molar-refractivity contribution < 1.29 is 31.9 Å². The number of halogens is 5. The predicted molar refractivity (Wildman–Crippen MR) is 183 cm³/mol. The third-order valence-corrected chi connectivity index (χ3v) is 7.88. The van der Waals surface area contributed by atoms with Crippen LogP contribution in [0.1, 0.15) is 75.3 Å². The molecule has 4 aromatic rings. The molecule has 12 nitrogen and oxygen atoms in total. The number of amides is 2. The van der Waals surface area contributed by atoms with Crippen molar-refractivity contribution in [3.8, 4) is 17.1 Å². The zero-order valence-electron chi connectivity index (χ0n) is 28.5. The van der Waals surface area contributed by atoms with Gasteiger partial charge in [-0.2, -0.15) is 5.10 Å². The van der Waals surface area contributed by atoms with Gasteiger partial charge in [0.2, 0.25) is 0 Å². The number of aromatic nitrogens is 5. The standard InChI is InChI=1S/C34H38ClF4N9O3/c1-33(2,3)13-16-43-31(40)47(29(49)21-9-7-20(8-10-21)27-41-14-6-15-42-27)25(18-51-32(50)46-34(4,5)30(38)39)22-11-12-23(35)24(17-22)48-28(26(36)37)44-19-45-48/h6-12,14-15,17,19,25-26,30H,13,16,18H2,1-5H3,(H2,40,43)(H,46,50)/t25-/m1/s1. The van der Waals surface area contributed by atoms with E-state index in [0.29, 0.717) is 17.8 Å². The van der Waals surface area contributed by atoms with Crippen LogP contribution in [-0.4, -0.2) is 72.7 Å². The summed E-state index contributed by atoms with van der Waals surface area (Å²) < 4.78 is 61.1. The molecule has 2 amide bonds. The molecule has 4 rings (SSSR count). The zero-order valence-corrected chi connectivity index (χ0v) is 29.3. The number of hydrogen-bond acceptors (Lipinski definition) is 8. The van der Waals surface area contributed by atoms with Gasteiger partial charge in [-0.05, 0) is 61.6 Å². The molecule has 0 spiro atoms. The van der Waals surface area contributed by atoms with E-state index >= 15 is 0 Å². The van der Waals surface area contributed by atoms with Gasteiger partial charge in [-0.1, -0.05) is 50.6 Å². The highest BCUT2D eigenvalue weighted by Crippen LogP contribution is 2.32. The molecule has 2 heterocycles. The highest BCUT2D eigenvalue weighted by atomic mass is 35.5. The van der Waals surface area contributed by atoms with Crippen LogP contribution >= 0.6 is 11.6 Å². The van der Waals surface area contributed by atoms with Gasteiger partial charge >= 0.3 is 6.09 Å². The molecule has 0 bridgehead atoms. The number of aliphatic imine (C=N–C) groups is 1. The number of carbonyl (C=O) groups is 2. The van der Waals surface area contributed by atoms with Crippen molar-refractivity contribution in [2.75, 3.05) is 13.2 Å². The van der Waals surface area contributed by atoms with Crippen LogP contribution in [0.3, 0.4) is 0 Å². The summed E-state index contributed by atoms with van der Waals surface area (Å²) in [5.74, 6) is -1.22. The number of nitrogens with one attached hydrogen (secondary N) is 1. The van der Waals surface area contributed by atoms with Crippen molar-refractivity contribution in [2.45, 2.75) is 65.5 Å². The highest BCUT2D eigenvalue weighted by Gasteiger charge is 2.35. The van der Waals surface area contributed by atoms with E-state index in [-0.39, 0.29) is 39.8 Å². The van der Waals surface area contributed by atoms with Crippen molar-refractivity contribution in [1.29, 1.82) is 0 Å². The molecule has 2 aromatic heterocycles. The number of hydrogen-bond donors (Lipinski definition) is 2. The summed E-state index contributed by atoms with van der Waals surface area (Å²) in [6.45, 7) is 7.81. The third kappa shape index (κ3) is 9.99. The Morgan fingerprint density at radius 1 is 1.02 bits per heavy atom. The summed E-state index contributed by atoms with van der Waals surface area (Å²) in [5.41, 5.74) is 5.38. The van der Waals surface area contributed by atoms with Gasteiger partial charge < -0.3 is 15.8 Å². The van der Waals surface area contributed by atoms with Gasteiger partial charge in [0, 0.05) is 30.1 Å². The summed E-state index contributed by atoms with van der Waals surface area (Å²) in [5, 5.41) is 6.01. The number of benzene rings is 2. The fourth-order valence-electron chi connectivity index (χ4n) is 4.65. The molecule has 0 fully saturated rings. The number of nitrogens with zero attached hydrogens (tertiary/aromatic N) is 7. The largest absolute Gasteiger partial charge is 0.447 e. The van der Waals surface area contributed by atoms with E-state index in [0.717, 1.165) is 29.8 Å². The molecule has 0 unspecified atom stereocenters. The van der Waals surface area contributed by atoms with Crippen molar-refractivity contribution in [1.82, 2.24) is 34.9 Å². The summed E-state index contributed by atoms with van der Waals surface area (Å²) in [7, 11) is 0. The molecule has 2 aromatic carbocycles. The van der Waals surface area contributed by atoms with Gasteiger partial charge in [-0.25, -0.2) is 42.0 Å². The topological polar surface area (TPSA) is 154 Å². The van der Waals surface area contributed by atoms with Gasteiger partial charge in [0.25, 0.3) is 18.8 Å². The maximum absolute atomic E-state index is 14.4. The summed E-state index contributed by atoms with van der Waals surface area (Å²) in [4.78, 5) is 44.9. The first-order valence-corrected chi connectivity index (χ1v) is 16.1. The van der Waals surface area contributed by atoms with Crippen LogP contribution < -0.4 is 11.1 Å². The van der Waals surface area contributed by atoms with E-state index in [1.165, 1.54) is 30.3 Å². The maximum Gasteiger partial charge on any atom is 0.407 e. The second kappa shape index (κ2) is 16.3. The number of alkyl carbamates (subject to hydrolysis) is 1. The monoisotopic (exact) mass is 731 g/mol. The van der Waals surface area contributed by atoms with E-state index < -0.39 is 48.9 Å². The van der Waals surface area contributed by atoms with Crippen LogP contribution in [0.4, 0.5) is 22.4 Å². The maximum atomic E-state index is 14.4. The lowest BCUT2D eigenvalue weighted by atomic mass is 9.92. The summed E-state index contributed by atoms with van der Waals surface area (Å²) in [6, 6.07) is 10.9. The lowest BCUT2D eigenvalue weighted by Crippen LogP contribution is -2.50. The molecule has 0 saturated carbocycles. The van der Waals surface area contributed by atoms with Gasteiger partial charge in [0.15, 0.2) is 17.6 Å². The SMILES string of the molecule is CC(C)(C)CCN=C(N)N(C(=O)c1ccc(-c2ncccn2)cc1)[C@H](COC(=O)NC(C)(C)C(F)F)c1ccc(Cl)c(-n2ncnc2C(F)F)c1. The predicted octanol–water partition coefficient (Wildman–Crippen LogP) is 7.02. The van der Waals surface area contributed by atoms with Crippen molar-refractivity contribution in [2.24, 2.45) is 16.1 Å². The fraction of sp³-hybridized carbons (Fsp3) is 0.382. The molecule has 51 heavy (non-hydrogen) atoms. The average molecular weight is 732 g/mol. The van der Waals surface area contributed by atoms with Crippen LogP contribution in [0.25, 0.3) is 17.1 Å². The Bertz CT molecular complexity index is 1830. The van der Waals surface area contributed by atoms with Gasteiger partial charge in [0.1, 0.15) is 12.9 Å². The molecule has 272 valence electrons. The van der Waals surface area contributed by atoms with Crippen molar-refractivity contribution in [3.63, 3.8) is 0 Å². The molecular weight excluding hydrogens is 694 g/mol. The molecular formula is C34H38ClF4N9O3. The van der Waals surface area contributed by atoms with Gasteiger partial charge in [-0.15, -0.1) is 0 Å². The number of ether oxygens (including phenoxy) is 1. The van der Waals surface area contributed by atoms with Crippen LogP contribution in [0, 0.1) is 5.41 Å². The molecule has 3 N–H and O–H groups in total. The Balaban J connectivity index is 1.84. The first-order valence-electron chi connectivity index (χ1n) is 15.7. The number of alkyl halides is 4. The normalized spacial score (nSPS) is 13.0. The second-order valence-electron chi connectivity index (χ2n) is 13.2. The Kier molecular flexibility index (Phi) is 12.3. The lowest BCUT2D eigenvalue weighted by Gasteiger charge is -2.32. The van der Waals surface area contributed by atoms with E-state index in [1.807, 2.05) is 20.8 Å². The number of carbonyl (C=O) groups excluding carboxylic acids is 2. The molecule has 0 saturated heterocycles. The van der Waals surface area contributed by atoms with E-state index in [9.17, 15) is 27.2 Å². The summed E-state index contributed by atoms with van der Waals surface area (Å²) in [6.07, 6.45) is -2.49. The van der Waals surface area contributed by atoms with Crippen LogP contribution in [0.5, 0.6) is 0 Å². The zero-order chi connectivity index (χ0) is 37.5. The molecule has 1 atom stereocenters. The smallest absolute Gasteiger partial charge is 0.407 e. The molecule has 0 radical (unpaired) electrons. The van der Waals surface area contributed by atoms with E-state index in [1.54, 1.807) is 30.6 Å². The lowest BCUT2D eigenvalue weighted by molar-refractivity contribution is 0.0404. The first kappa shape index (κ1) is 38.7. The fourth-order valence-corrected chi connectivity index (χ4v) is 4.85. The average Bonchev–Trinajstić information content (AvgIpc) is 3.57. The van der Waals surface area contributed by atoms with Crippen LogP contribution in [0.15, 0.2) is 72.2 Å². The van der Waals surface area contributed by atoms with Crippen molar-refractivity contribution in [3.05, 3.63) is 89.2 Å². The molecule has 17 heteroatoms. The number of guanidine groups is 1. The van der Waals surface area contributed by atoms with Crippen LogP contribution in [0.2, 0.25) is 5.02 Å². The minimum Gasteiger partial charge on any atom is -0.447 e. The molecule has 0 aliphatic rings. The summed E-state index contributed by atoms with van der Waals surface area (Å²) >= 11 is 6.44. The Morgan fingerprint density at radius 3 is 2.29 bits per heavy atom.